The van der Waals surface area contributed by atoms with E-state index in [-0.39, 0.29) is 24.9 Å². The second-order valence-electron chi connectivity index (χ2n) is 5.90. The number of carboxylic acids is 1. The summed E-state index contributed by atoms with van der Waals surface area (Å²) in [7, 11) is 0. The average Bonchev–Trinajstić information content (AvgIpc) is 2.61. The number of benzene rings is 2. The summed E-state index contributed by atoms with van der Waals surface area (Å²) in [4.78, 5) is 23.4. The van der Waals surface area contributed by atoms with E-state index in [2.05, 4.69) is 10.1 Å². The van der Waals surface area contributed by atoms with Crippen molar-refractivity contribution < 1.29 is 37.0 Å². The highest BCUT2D eigenvalue weighted by atomic mass is 19.4. The number of ether oxygens (including phenoxy) is 1. The molecule has 0 radical (unpaired) electrons. The molecule has 0 aliphatic heterocycles. The fourth-order valence-corrected chi connectivity index (χ4v) is 2.53. The van der Waals surface area contributed by atoms with Crippen LogP contribution in [0.5, 0.6) is 5.75 Å². The Morgan fingerprint density at radius 2 is 1.71 bits per heavy atom. The maximum absolute atomic E-state index is 13.0. The van der Waals surface area contributed by atoms with E-state index in [1.807, 2.05) is 0 Å². The Kier molecular flexibility index (Phi) is 6.97. The van der Waals surface area contributed by atoms with Crippen LogP contribution in [0.2, 0.25) is 0 Å². The molecule has 0 fully saturated rings. The molecule has 150 valence electrons. The van der Waals surface area contributed by atoms with E-state index in [1.54, 1.807) is 0 Å². The smallest absolute Gasteiger partial charge is 0.481 e. The molecule has 2 aromatic rings. The van der Waals surface area contributed by atoms with Crippen molar-refractivity contribution in [3.8, 4) is 5.75 Å². The van der Waals surface area contributed by atoms with Gasteiger partial charge in [-0.1, -0.05) is 30.3 Å². The van der Waals surface area contributed by atoms with Gasteiger partial charge >= 0.3 is 12.3 Å². The molecule has 1 amide bonds. The van der Waals surface area contributed by atoms with Crippen LogP contribution < -0.4 is 10.1 Å². The van der Waals surface area contributed by atoms with Gasteiger partial charge in [0.1, 0.15) is 11.6 Å². The summed E-state index contributed by atoms with van der Waals surface area (Å²) < 4.78 is 54.1. The minimum absolute atomic E-state index is 0.0215. The summed E-state index contributed by atoms with van der Waals surface area (Å²) in [5, 5.41) is 11.7. The van der Waals surface area contributed by atoms with E-state index in [0.717, 1.165) is 18.2 Å². The van der Waals surface area contributed by atoms with E-state index in [1.165, 1.54) is 30.3 Å². The Hall–Kier alpha value is -3.10. The molecule has 0 heterocycles. The molecule has 0 saturated carbocycles. The first-order valence-corrected chi connectivity index (χ1v) is 8.24. The molecule has 1 atom stereocenters. The van der Waals surface area contributed by atoms with Gasteiger partial charge in [0, 0.05) is 13.0 Å². The molecule has 5 nitrogen and oxygen atoms in total. The predicted octanol–water partition coefficient (Wildman–Crippen LogP) is 3.64. The quantitative estimate of drug-likeness (QED) is 0.665. The van der Waals surface area contributed by atoms with Gasteiger partial charge in [0.25, 0.3) is 0 Å². The predicted molar refractivity (Wildman–Crippen MR) is 91.2 cm³/mol. The zero-order valence-electron chi connectivity index (χ0n) is 14.5. The number of halogens is 4. The van der Waals surface area contributed by atoms with Crippen molar-refractivity contribution in [3.63, 3.8) is 0 Å². The SMILES string of the molecule is O=C(CCc1ccccc1OC(F)(F)F)NCC(C(=O)O)c1ccc(F)cc1. The van der Waals surface area contributed by atoms with Crippen molar-refractivity contribution in [1.29, 1.82) is 0 Å². The van der Waals surface area contributed by atoms with Crippen LogP contribution in [-0.2, 0) is 16.0 Å². The molecule has 28 heavy (non-hydrogen) atoms. The van der Waals surface area contributed by atoms with E-state index < -0.39 is 35.7 Å². The highest BCUT2D eigenvalue weighted by molar-refractivity contribution is 5.80. The molecule has 9 heteroatoms. The van der Waals surface area contributed by atoms with Crippen LogP contribution in [0.4, 0.5) is 17.6 Å². The van der Waals surface area contributed by atoms with Crippen LogP contribution in [0.1, 0.15) is 23.5 Å². The number of aliphatic carboxylic acids is 1. The summed E-state index contributed by atoms with van der Waals surface area (Å²) in [6.45, 7) is -0.236. The fourth-order valence-electron chi connectivity index (χ4n) is 2.53. The number of carboxylic acid groups (broad SMARTS) is 1. The maximum Gasteiger partial charge on any atom is 0.573 e. The summed E-state index contributed by atoms with van der Waals surface area (Å²) in [5.41, 5.74) is 0.515. The first-order chi connectivity index (χ1) is 13.2. The van der Waals surface area contributed by atoms with Crippen molar-refractivity contribution in [1.82, 2.24) is 5.32 Å². The minimum Gasteiger partial charge on any atom is -0.481 e. The highest BCUT2D eigenvalue weighted by Gasteiger charge is 2.32. The Morgan fingerprint density at radius 1 is 1.07 bits per heavy atom. The van der Waals surface area contributed by atoms with Gasteiger partial charge in [-0.15, -0.1) is 13.2 Å². The standard InChI is InChI=1S/C19H17F4NO4/c20-14-8-5-12(6-9-14)15(18(26)27)11-24-17(25)10-7-13-3-1-2-4-16(13)28-19(21,22)23/h1-6,8-9,15H,7,10-11H2,(H,24,25)(H,26,27). The summed E-state index contributed by atoms with van der Waals surface area (Å²) >= 11 is 0. The highest BCUT2D eigenvalue weighted by Crippen LogP contribution is 2.27. The molecule has 2 aromatic carbocycles. The van der Waals surface area contributed by atoms with Gasteiger partial charge in [-0.2, -0.15) is 0 Å². The lowest BCUT2D eigenvalue weighted by atomic mass is 9.99. The Balaban J connectivity index is 1.93. The second kappa shape index (κ2) is 9.20. The molecule has 0 bridgehead atoms. The summed E-state index contributed by atoms with van der Waals surface area (Å²) in [5.74, 6) is -3.72. The molecule has 2 N–H and O–H groups in total. The van der Waals surface area contributed by atoms with Gasteiger partial charge in [0.05, 0.1) is 5.92 Å². The third kappa shape index (κ3) is 6.57. The van der Waals surface area contributed by atoms with E-state index in [4.69, 9.17) is 0 Å². The Labute approximate surface area is 157 Å². The molecule has 0 saturated heterocycles. The number of nitrogens with one attached hydrogen (secondary N) is 1. The van der Waals surface area contributed by atoms with E-state index in [9.17, 15) is 32.3 Å². The van der Waals surface area contributed by atoms with Gasteiger partial charge in [0.15, 0.2) is 0 Å². The number of rotatable bonds is 8. The number of carbonyl (C=O) groups is 2. The number of hydrogen-bond acceptors (Lipinski definition) is 3. The van der Waals surface area contributed by atoms with Gasteiger partial charge in [-0.3, -0.25) is 9.59 Å². The Bertz CT molecular complexity index is 821. The van der Waals surface area contributed by atoms with Crippen LogP contribution in [0.15, 0.2) is 48.5 Å². The van der Waals surface area contributed by atoms with E-state index >= 15 is 0 Å². The number of carbonyl (C=O) groups excluding carboxylic acids is 1. The van der Waals surface area contributed by atoms with Gasteiger partial charge in [0.2, 0.25) is 5.91 Å². The molecule has 2 rings (SSSR count). The zero-order chi connectivity index (χ0) is 20.7. The third-order valence-electron chi connectivity index (χ3n) is 3.89. The lowest BCUT2D eigenvalue weighted by molar-refractivity contribution is -0.274. The number of amides is 1. The number of alkyl halides is 3. The van der Waals surface area contributed by atoms with Crippen LogP contribution in [-0.4, -0.2) is 29.9 Å². The van der Waals surface area contributed by atoms with Crippen LogP contribution in [0.25, 0.3) is 0 Å². The summed E-state index contributed by atoms with van der Waals surface area (Å²) in [6.07, 6.45) is -5.03. The topological polar surface area (TPSA) is 75.6 Å². The van der Waals surface area contributed by atoms with Crippen molar-refractivity contribution in [2.75, 3.05) is 6.54 Å². The van der Waals surface area contributed by atoms with Gasteiger partial charge in [-0.25, -0.2) is 4.39 Å². The molecule has 1 unspecified atom stereocenters. The van der Waals surface area contributed by atoms with Gasteiger partial charge < -0.3 is 15.2 Å². The molecular formula is C19H17F4NO4. The second-order valence-corrected chi connectivity index (χ2v) is 5.90. The molecule has 0 aliphatic carbocycles. The van der Waals surface area contributed by atoms with Crippen molar-refractivity contribution >= 4 is 11.9 Å². The van der Waals surface area contributed by atoms with Crippen molar-refractivity contribution in [3.05, 3.63) is 65.5 Å². The third-order valence-corrected chi connectivity index (χ3v) is 3.89. The van der Waals surface area contributed by atoms with Crippen molar-refractivity contribution in [2.45, 2.75) is 25.1 Å². The monoisotopic (exact) mass is 399 g/mol. The summed E-state index contributed by atoms with van der Waals surface area (Å²) in [6, 6.07) is 10.3. The van der Waals surface area contributed by atoms with Crippen molar-refractivity contribution in [2.24, 2.45) is 0 Å². The zero-order valence-corrected chi connectivity index (χ0v) is 14.5. The lowest BCUT2D eigenvalue weighted by Gasteiger charge is -2.15. The normalized spacial score (nSPS) is 12.3. The molecule has 0 spiro atoms. The lowest BCUT2D eigenvalue weighted by Crippen LogP contribution is -2.31. The van der Waals surface area contributed by atoms with Crippen LogP contribution in [0, 0.1) is 5.82 Å². The number of hydrogen-bond donors (Lipinski definition) is 2. The molecular weight excluding hydrogens is 382 g/mol. The van der Waals surface area contributed by atoms with Gasteiger partial charge in [-0.05, 0) is 35.7 Å². The largest absolute Gasteiger partial charge is 0.573 e. The minimum atomic E-state index is -4.85. The number of aryl methyl sites for hydroxylation is 1. The molecule has 0 aromatic heterocycles. The van der Waals surface area contributed by atoms with Crippen LogP contribution >= 0.6 is 0 Å². The fraction of sp³-hybridized carbons (Fsp3) is 0.263. The first-order valence-electron chi connectivity index (χ1n) is 8.24. The number of para-hydroxylation sites is 1. The first kappa shape index (κ1) is 21.2. The van der Waals surface area contributed by atoms with E-state index in [0.29, 0.717) is 5.56 Å². The average molecular weight is 399 g/mol. The van der Waals surface area contributed by atoms with Crippen LogP contribution in [0.3, 0.4) is 0 Å². The maximum atomic E-state index is 13.0. The Morgan fingerprint density at radius 3 is 2.32 bits per heavy atom. The molecule has 0 aliphatic rings.